The molecule has 0 atom stereocenters. The van der Waals surface area contributed by atoms with Crippen molar-refractivity contribution in [1.29, 1.82) is 0 Å². The number of ether oxygens (including phenoxy) is 1. The Labute approximate surface area is 97.8 Å². The number of carboxylic acids is 1. The molecule has 7 nitrogen and oxygen atoms in total. The van der Waals surface area contributed by atoms with Crippen molar-refractivity contribution in [2.45, 2.75) is 12.8 Å². The van der Waals surface area contributed by atoms with Gasteiger partial charge >= 0.3 is 11.9 Å². The smallest absolute Gasteiger partial charge is 0.341 e. The van der Waals surface area contributed by atoms with Gasteiger partial charge in [-0.05, 0) is 6.42 Å². The van der Waals surface area contributed by atoms with E-state index in [1.807, 2.05) is 0 Å². The Morgan fingerprint density at radius 1 is 1.41 bits per heavy atom. The number of nitrogens with one attached hydrogen (secondary N) is 1. The molecule has 0 radical (unpaired) electrons. The van der Waals surface area contributed by atoms with Gasteiger partial charge in [-0.1, -0.05) is 0 Å². The number of nitrogens with zero attached hydrogens (tertiary/aromatic N) is 2. The van der Waals surface area contributed by atoms with Crippen molar-refractivity contribution in [3.63, 3.8) is 0 Å². The van der Waals surface area contributed by atoms with Gasteiger partial charge in [0, 0.05) is 25.4 Å². The van der Waals surface area contributed by atoms with E-state index >= 15 is 0 Å². The van der Waals surface area contributed by atoms with Crippen LogP contribution >= 0.6 is 0 Å². The first-order chi connectivity index (χ1) is 8.13. The minimum Gasteiger partial charge on any atom is -0.481 e. The maximum absolute atomic E-state index is 11.1. The fourth-order valence-corrected chi connectivity index (χ4v) is 1.08. The van der Waals surface area contributed by atoms with Crippen molar-refractivity contribution in [3.05, 3.63) is 18.0 Å². The second-order valence-corrected chi connectivity index (χ2v) is 3.21. The molecule has 0 aliphatic heterocycles. The van der Waals surface area contributed by atoms with E-state index in [9.17, 15) is 9.59 Å². The highest BCUT2D eigenvalue weighted by Crippen LogP contribution is 2.02. The summed E-state index contributed by atoms with van der Waals surface area (Å²) in [7, 11) is 1.28. The lowest BCUT2D eigenvalue weighted by atomic mass is 10.3. The van der Waals surface area contributed by atoms with E-state index in [0.29, 0.717) is 18.9 Å². The van der Waals surface area contributed by atoms with E-state index in [0.717, 1.165) is 0 Å². The molecule has 17 heavy (non-hydrogen) atoms. The predicted molar refractivity (Wildman–Crippen MR) is 58.7 cm³/mol. The van der Waals surface area contributed by atoms with Crippen LogP contribution in [0.5, 0.6) is 0 Å². The van der Waals surface area contributed by atoms with Crippen molar-refractivity contribution in [2.24, 2.45) is 0 Å². The molecule has 1 rings (SSSR count). The van der Waals surface area contributed by atoms with E-state index in [1.54, 1.807) is 0 Å². The standard InChI is InChI=1S/C10H13N3O4/c1-17-9(16)7-5-12-10(13-6-7)11-4-2-3-8(14)15/h5-6H,2-4H2,1H3,(H,14,15)(H,11,12,13). The summed E-state index contributed by atoms with van der Waals surface area (Å²) < 4.78 is 4.50. The average Bonchev–Trinajstić information content (AvgIpc) is 2.34. The van der Waals surface area contributed by atoms with Gasteiger partial charge in [0.2, 0.25) is 5.95 Å². The van der Waals surface area contributed by atoms with Crippen LogP contribution in [0.15, 0.2) is 12.4 Å². The topological polar surface area (TPSA) is 101 Å². The summed E-state index contributed by atoms with van der Waals surface area (Å²) in [6.07, 6.45) is 3.27. The van der Waals surface area contributed by atoms with Crippen molar-refractivity contribution in [1.82, 2.24) is 9.97 Å². The molecule has 0 bridgehead atoms. The molecular weight excluding hydrogens is 226 g/mol. The van der Waals surface area contributed by atoms with Crippen LogP contribution in [0.3, 0.4) is 0 Å². The lowest BCUT2D eigenvalue weighted by Gasteiger charge is -2.03. The highest BCUT2D eigenvalue weighted by Gasteiger charge is 2.06. The normalized spacial score (nSPS) is 9.71. The van der Waals surface area contributed by atoms with E-state index in [-0.39, 0.29) is 12.0 Å². The number of hydrogen-bond acceptors (Lipinski definition) is 6. The average molecular weight is 239 g/mol. The maximum atomic E-state index is 11.1. The number of carboxylic acid groups (broad SMARTS) is 1. The first kappa shape index (κ1) is 12.9. The van der Waals surface area contributed by atoms with Gasteiger partial charge in [0.1, 0.15) is 0 Å². The van der Waals surface area contributed by atoms with Crippen molar-refractivity contribution in [3.8, 4) is 0 Å². The number of carbonyl (C=O) groups excluding carboxylic acids is 1. The van der Waals surface area contributed by atoms with Gasteiger partial charge in [-0.25, -0.2) is 14.8 Å². The Hall–Kier alpha value is -2.18. The third kappa shape index (κ3) is 4.45. The van der Waals surface area contributed by atoms with Crippen LogP contribution in [0.25, 0.3) is 0 Å². The molecular formula is C10H13N3O4. The second kappa shape index (κ2) is 6.41. The Balaban J connectivity index is 2.40. The Morgan fingerprint density at radius 3 is 2.59 bits per heavy atom. The first-order valence-electron chi connectivity index (χ1n) is 4.99. The quantitative estimate of drug-likeness (QED) is 0.551. The molecule has 0 amide bonds. The van der Waals surface area contributed by atoms with Crippen LogP contribution in [0.1, 0.15) is 23.2 Å². The summed E-state index contributed by atoms with van der Waals surface area (Å²) in [6.45, 7) is 0.462. The molecule has 0 aliphatic carbocycles. The van der Waals surface area contributed by atoms with E-state index < -0.39 is 11.9 Å². The monoisotopic (exact) mass is 239 g/mol. The summed E-state index contributed by atoms with van der Waals surface area (Å²) in [5, 5.41) is 11.3. The van der Waals surface area contributed by atoms with Gasteiger partial charge in [0.15, 0.2) is 0 Å². The molecule has 0 saturated carbocycles. The number of rotatable bonds is 6. The zero-order valence-corrected chi connectivity index (χ0v) is 9.34. The highest BCUT2D eigenvalue weighted by atomic mass is 16.5. The van der Waals surface area contributed by atoms with Crippen LogP contribution in [0.4, 0.5) is 5.95 Å². The Bertz CT molecular complexity index is 391. The summed E-state index contributed by atoms with van der Waals surface area (Å²) in [4.78, 5) is 29.1. The minimum atomic E-state index is -0.839. The number of aliphatic carboxylic acids is 1. The molecule has 1 heterocycles. The highest BCUT2D eigenvalue weighted by molar-refractivity contribution is 5.88. The minimum absolute atomic E-state index is 0.0905. The van der Waals surface area contributed by atoms with Gasteiger partial charge < -0.3 is 15.2 Å². The summed E-state index contributed by atoms with van der Waals surface area (Å²) in [5.41, 5.74) is 0.267. The van der Waals surface area contributed by atoms with Crippen molar-refractivity contribution >= 4 is 17.9 Å². The number of carbonyl (C=O) groups is 2. The predicted octanol–water partition coefficient (Wildman–Crippen LogP) is 0.540. The molecule has 92 valence electrons. The third-order valence-corrected chi connectivity index (χ3v) is 1.92. The molecule has 0 spiro atoms. The Morgan fingerprint density at radius 2 is 2.06 bits per heavy atom. The number of hydrogen-bond donors (Lipinski definition) is 2. The van der Waals surface area contributed by atoms with Crippen molar-refractivity contribution < 1.29 is 19.4 Å². The fourth-order valence-electron chi connectivity index (χ4n) is 1.08. The van der Waals surface area contributed by atoms with Crippen LogP contribution in [0.2, 0.25) is 0 Å². The molecule has 1 aromatic heterocycles. The molecule has 0 aromatic carbocycles. The summed E-state index contributed by atoms with van der Waals surface area (Å²) in [5.74, 6) is -0.987. The SMILES string of the molecule is COC(=O)c1cnc(NCCCC(=O)O)nc1. The molecule has 0 fully saturated rings. The van der Waals surface area contributed by atoms with E-state index in [1.165, 1.54) is 19.5 Å². The largest absolute Gasteiger partial charge is 0.481 e. The van der Waals surface area contributed by atoms with Crippen LogP contribution < -0.4 is 5.32 Å². The Kier molecular flexibility index (Phi) is 4.86. The van der Waals surface area contributed by atoms with Crippen LogP contribution in [-0.4, -0.2) is 40.7 Å². The van der Waals surface area contributed by atoms with E-state index in [2.05, 4.69) is 20.0 Å². The number of methoxy groups -OCH3 is 1. The van der Waals surface area contributed by atoms with Gasteiger partial charge in [0.25, 0.3) is 0 Å². The van der Waals surface area contributed by atoms with E-state index in [4.69, 9.17) is 5.11 Å². The first-order valence-corrected chi connectivity index (χ1v) is 4.99. The van der Waals surface area contributed by atoms with Crippen molar-refractivity contribution in [2.75, 3.05) is 19.0 Å². The summed E-state index contributed by atoms with van der Waals surface area (Å²) in [6, 6.07) is 0. The molecule has 2 N–H and O–H groups in total. The molecule has 0 unspecified atom stereocenters. The lowest BCUT2D eigenvalue weighted by Crippen LogP contribution is -2.09. The summed E-state index contributed by atoms with van der Waals surface area (Å²) >= 11 is 0. The molecule has 0 saturated heterocycles. The lowest BCUT2D eigenvalue weighted by molar-refractivity contribution is -0.137. The number of esters is 1. The van der Waals surface area contributed by atoms with Gasteiger partial charge in [-0.15, -0.1) is 0 Å². The third-order valence-electron chi connectivity index (χ3n) is 1.92. The zero-order valence-electron chi connectivity index (χ0n) is 9.34. The zero-order chi connectivity index (χ0) is 12.7. The van der Waals surface area contributed by atoms with Gasteiger partial charge in [0.05, 0.1) is 12.7 Å². The van der Waals surface area contributed by atoms with Gasteiger partial charge in [-0.3, -0.25) is 4.79 Å². The molecule has 0 aliphatic rings. The number of aromatic nitrogens is 2. The van der Waals surface area contributed by atoms with Crippen LogP contribution in [0, 0.1) is 0 Å². The van der Waals surface area contributed by atoms with Crippen LogP contribution in [-0.2, 0) is 9.53 Å². The maximum Gasteiger partial charge on any atom is 0.341 e. The fraction of sp³-hybridized carbons (Fsp3) is 0.400. The number of anilines is 1. The van der Waals surface area contributed by atoms with Gasteiger partial charge in [-0.2, -0.15) is 0 Å². The molecule has 1 aromatic rings. The molecule has 7 heteroatoms. The second-order valence-electron chi connectivity index (χ2n) is 3.21.